The van der Waals surface area contributed by atoms with Crippen LogP contribution >= 0.6 is 11.6 Å². The van der Waals surface area contributed by atoms with Gasteiger partial charge < -0.3 is 5.73 Å². The lowest BCUT2D eigenvalue weighted by atomic mass is 9.82. The third-order valence-corrected chi connectivity index (χ3v) is 3.21. The molecular weight excluding hydrogens is 206 g/mol. The Balaban J connectivity index is 3.21. The maximum Gasteiger partial charge on any atom is 0.0456 e. The summed E-state index contributed by atoms with van der Waals surface area (Å²) in [5.41, 5.74) is 9.75. The molecule has 1 aromatic carbocycles. The fourth-order valence-electron chi connectivity index (χ4n) is 1.51. The number of nitrogens with two attached hydrogens (primary N) is 1. The molecule has 2 N–H and O–H groups in total. The molecule has 0 heterocycles. The van der Waals surface area contributed by atoms with Gasteiger partial charge in [0.05, 0.1) is 0 Å². The average Bonchev–Trinajstić information content (AvgIpc) is 2.08. The van der Waals surface area contributed by atoms with Crippen LogP contribution in [0.5, 0.6) is 0 Å². The fourth-order valence-corrected chi connectivity index (χ4v) is 1.84. The Kier molecular flexibility index (Phi) is 3.47. The Labute approximate surface area is 97.6 Å². The van der Waals surface area contributed by atoms with Gasteiger partial charge in [-0.1, -0.05) is 38.4 Å². The fraction of sp³-hybridized carbons (Fsp3) is 0.538. The average molecular weight is 226 g/mol. The van der Waals surface area contributed by atoms with Crippen LogP contribution in [-0.2, 0) is 0 Å². The molecule has 0 aliphatic rings. The molecule has 0 amide bonds. The van der Waals surface area contributed by atoms with Crippen molar-refractivity contribution in [3.63, 3.8) is 0 Å². The molecule has 0 aromatic heterocycles. The molecule has 1 rings (SSSR count). The molecule has 0 radical (unpaired) electrons. The zero-order valence-corrected chi connectivity index (χ0v) is 10.9. The van der Waals surface area contributed by atoms with E-state index in [9.17, 15) is 0 Å². The molecule has 0 spiro atoms. The maximum atomic E-state index is 6.22. The van der Waals surface area contributed by atoms with Crippen LogP contribution in [0, 0.1) is 19.3 Å². The van der Waals surface area contributed by atoms with Crippen molar-refractivity contribution in [3.05, 3.63) is 33.8 Å². The van der Waals surface area contributed by atoms with E-state index in [4.69, 9.17) is 17.3 Å². The Hall–Kier alpha value is -0.530. The van der Waals surface area contributed by atoms with Gasteiger partial charge in [-0.3, -0.25) is 0 Å². The number of halogens is 1. The number of aryl methyl sites for hydroxylation is 2. The van der Waals surface area contributed by atoms with E-state index in [1.807, 2.05) is 6.07 Å². The highest BCUT2D eigenvalue weighted by Crippen LogP contribution is 2.35. The summed E-state index contributed by atoms with van der Waals surface area (Å²) in [5, 5.41) is 0.778. The highest BCUT2D eigenvalue weighted by Gasteiger charge is 2.24. The first-order valence-electron chi connectivity index (χ1n) is 5.25. The number of rotatable bonds is 1. The van der Waals surface area contributed by atoms with E-state index in [0.717, 1.165) is 10.6 Å². The second-order valence-electron chi connectivity index (χ2n) is 5.30. The Morgan fingerprint density at radius 2 is 1.60 bits per heavy atom. The van der Waals surface area contributed by atoms with E-state index in [2.05, 4.69) is 40.7 Å². The monoisotopic (exact) mass is 225 g/mol. The van der Waals surface area contributed by atoms with Gasteiger partial charge in [-0.25, -0.2) is 0 Å². The number of hydrogen-bond donors (Lipinski definition) is 1. The van der Waals surface area contributed by atoms with Crippen LogP contribution < -0.4 is 5.73 Å². The SMILES string of the molecule is Cc1cc(Cl)c(C(N)C(C)(C)C)cc1C. The third-order valence-electron chi connectivity index (χ3n) is 2.88. The minimum atomic E-state index is -0.0238. The topological polar surface area (TPSA) is 26.0 Å². The van der Waals surface area contributed by atoms with Crippen molar-refractivity contribution in [3.8, 4) is 0 Å². The molecule has 0 saturated heterocycles. The summed E-state index contributed by atoms with van der Waals surface area (Å²) >= 11 is 6.22. The molecule has 0 bridgehead atoms. The lowest BCUT2D eigenvalue weighted by molar-refractivity contribution is 0.327. The zero-order chi connectivity index (χ0) is 11.8. The van der Waals surface area contributed by atoms with Crippen molar-refractivity contribution < 1.29 is 0 Å². The van der Waals surface area contributed by atoms with Crippen molar-refractivity contribution in [2.45, 2.75) is 40.7 Å². The second-order valence-corrected chi connectivity index (χ2v) is 5.71. The van der Waals surface area contributed by atoms with Crippen LogP contribution in [0.3, 0.4) is 0 Å². The van der Waals surface area contributed by atoms with E-state index in [-0.39, 0.29) is 11.5 Å². The second kappa shape index (κ2) is 4.15. The normalized spacial score (nSPS) is 14.1. The number of hydrogen-bond acceptors (Lipinski definition) is 1. The van der Waals surface area contributed by atoms with Gasteiger partial charge in [-0.15, -0.1) is 0 Å². The van der Waals surface area contributed by atoms with Crippen LogP contribution in [-0.4, -0.2) is 0 Å². The van der Waals surface area contributed by atoms with Gasteiger partial charge >= 0.3 is 0 Å². The van der Waals surface area contributed by atoms with E-state index < -0.39 is 0 Å². The van der Waals surface area contributed by atoms with Crippen molar-refractivity contribution in [1.82, 2.24) is 0 Å². The summed E-state index contributed by atoms with van der Waals surface area (Å²) in [6.45, 7) is 10.5. The summed E-state index contributed by atoms with van der Waals surface area (Å²) in [5.74, 6) is 0. The largest absolute Gasteiger partial charge is 0.323 e. The van der Waals surface area contributed by atoms with Gasteiger partial charge in [0.25, 0.3) is 0 Å². The van der Waals surface area contributed by atoms with E-state index in [1.54, 1.807) is 0 Å². The predicted molar refractivity (Wildman–Crippen MR) is 67.3 cm³/mol. The molecule has 2 heteroatoms. The van der Waals surface area contributed by atoms with Gasteiger partial charge in [0, 0.05) is 11.1 Å². The standard InChI is InChI=1S/C13H20ClN/c1-8-6-10(11(14)7-9(8)2)12(15)13(3,4)5/h6-7,12H,15H2,1-5H3. The molecule has 0 fully saturated rings. The molecule has 15 heavy (non-hydrogen) atoms. The third kappa shape index (κ3) is 2.73. The first kappa shape index (κ1) is 12.5. The van der Waals surface area contributed by atoms with Gasteiger partial charge in [0.15, 0.2) is 0 Å². The molecule has 0 aliphatic carbocycles. The summed E-state index contributed by atoms with van der Waals surface area (Å²) < 4.78 is 0. The summed E-state index contributed by atoms with van der Waals surface area (Å²) in [4.78, 5) is 0. The quantitative estimate of drug-likeness (QED) is 0.768. The summed E-state index contributed by atoms with van der Waals surface area (Å²) in [6.07, 6.45) is 0. The van der Waals surface area contributed by atoms with Crippen molar-refractivity contribution in [1.29, 1.82) is 0 Å². The van der Waals surface area contributed by atoms with E-state index in [1.165, 1.54) is 11.1 Å². The Morgan fingerprint density at radius 3 is 2.07 bits per heavy atom. The van der Waals surface area contributed by atoms with Crippen LogP contribution in [0.15, 0.2) is 12.1 Å². The molecule has 1 aromatic rings. The van der Waals surface area contributed by atoms with Crippen LogP contribution in [0.2, 0.25) is 5.02 Å². The highest BCUT2D eigenvalue weighted by molar-refractivity contribution is 6.31. The van der Waals surface area contributed by atoms with E-state index >= 15 is 0 Å². The zero-order valence-electron chi connectivity index (χ0n) is 10.2. The molecular formula is C13H20ClN. The van der Waals surface area contributed by atoms with Crippen LogP contribution in [0.25, 0.3) is 0 Å². The Bertz CT molecular complexity index is 364. The predicted octanol–water partition coefficient (Wildman–Crippen LogP) is 4.00. The van der Waals surface area contributed by atoms with Crippen LogP contribution in [0.4, 0.5) is 0 Å². The van der Waals surface area contributed by atoms with Crippen molar-refractivity contribution in [2.75, 3.05) is 0 Å². The minimum absolute atomic E-state index is 0.0238. The molecule has 1 unspecified atom stereocenters. The maximum absolute atomic E-state index is 6.22. The Morgan fingerprint density at radius 1 is 1.13 bits per heavy atom. The lowest BCUT2D eigenvalue weighted by Crippen LogP contribution is -2.26. The summed E-state index contributed by atoms with van der Waals surface area (Å²) in [6, 6.07) is 4.08. The number of benzene rings is 1. The van der Waals surface area contributed by atoms with E-state index in [0.29, 0.717) is 0 Å². The summed E-state index contributed by atoms with van der Waals surface area (Å²) in [7, 11) is 0. The van der Waals surface area contributed by atoms with Gasteiger partial charge in [0.2, 0.25) is 0 Å². The van der Waals surface area contributed by atoms with Crippen LogP contribution in [0.1, 0.15) is 43.5 Å². The van der Waals surface area contributed by atoms with Gasteiger partial charge in [0.1, 0.15) is 0 Å². The highest BCUT2D eigenvalue weighted by atomic mass is 35.5. The molecule has 84 valence electrons. The molecule has 1 nitrogen and oxygen atoms in total. The molecule has 0 aliphatic heterocycles. The first-order valence-corrected chi connectivity index (χ1v) is 5.63. The minimum Gasteiger partial charge on any atom is -0.323 e. The van der Waals surface area contributed by atoms with Crippen molar-refractivity contribution >= 4 is 11.6 Å². The molecule has 1 atom stereocenters. The smallest absolute Gasteiger partial charge is 0.0456 e. The van der Waals surface area contributed by atoms with Crippen molar-refractivity contribution in [2.24, 2.45) is 11.1 Å². The van der Waals surface area contributed by atoms with Gasteiger partial charge in [-0.05, 0) is 42.0 Å². The molecule has 0 saturated carbocycles. The van der Waals surface area contributed by atoms with Gasteiger partial charge in [-0.2, -0.15) is 0 Å². The first-order chi connectivity index (χ1) is 6.73. The lowest BCUT2D eigenvalue weighted by Gasteiger charge is -2.28.